The fourth-order valence-corrected chi connectivity index (χ4v) is 5.51. The lowest BCUT2D eigenvalue weighted by Gasteiger charge is -2.27. The molecule has 1 aliphatic heterocycles. The highest BCUT2D eigenvalue weighted by Crippen LogP contribution is 2.43. The van der Waals surface area contributed by atoms with Crippen LogP contribution in [0.15, 0.2) is 15.8 Å². The molecular formula is C21H33N2O10P. The zero-order valence-corrected chi connectivity index (χ0v) is 20.9. The van der Waals surface area contributed by atoms with Crippen molar-refractivity contribution in [2.24, 2.45) is 5.92 Å². The number of rotatable bonds is 12. The molecule has 2 heterocycles. The molecule has 0 bridgehead atoms. The molecule has 1 aromatic heterocycles. The number of methoxy groups -OCH3 is 1. The minimum absolute atomic E-state index is 0.0858. The summed E-state index contributed by atoms with van der Waals surface area (Å²) in [6.45, 7) is 6.87. The van der Waals surface area contributed by atoms with Crippen LogP contribution >= 0.6 is 7.14 Å². The Balaban J connectivity index is 2.47. The zero-order chi connectivity index (χ0) is 25.6. The second-order valence-corrected chi connectivity index (χ2v) is 12.4. The Morgan fingerprint density at radius 2 is 1.91 bits per heavy atom. The maximum Gasteiger partial charge on any atom is 0.330 e. The van der Waals surface area contributed by atoms with Gasteiger partial charge in [-0.25, -0.2) is 4.79 Å². The number of ether oxygens (including phenoxy) is 4. The summed E-state index contributed by atoms with van der Waals surface area (Å²) in [6, 6.07) is 0. The topological polar surface area (TPSA) is 163 Å². The van der Waals surface area contributed by atoms with Gasteiger partial charge in [-0.2, -0.15) is 0 Å². The SMILES string of the molecule is COCCO[C@@H]1[C@H](OC(=O)CCC(=O)O)[C@@H]([C@H](C)CP(C)(C)=O)O[C@H]1n1cc(C)c(=O)[nH]c1=O. The second-order valence-electron chi connectivity index (χ2n) is 8.88. The fourth-order valence-electron chi connectivity index (χ4n) is 3.92. The van der Waals surface area contributed by atoms with Gasteiger partial charge in [0, 0.05) is 25.0 Å². The number of H-pyrrole nitrogens is 1. The maximum atomic E-state index is 12.6. The van der Waals surface area contributed by atoms with Gasteiger partial charge in [0.1, 0.15) is 12.2 Å². The van der Waals surface area contributed by atoms with E-state index in [1.165, 1.54) is 20.2 Å². The highest BCUT2D eigenvalue weighted by Gasteiger charge is 2.51. The van der Waals surface area contributed by atoms with Crippen molar-refractivity contribution in [1.82, 2.24) is 9.55 Å². The van der Waals surface area contributed by atoms with Crippen LogP contribution in [-0.2, 0) is 33.1 Å². The van der Waals surface area contributed by atoms with Crippen LogP contribution in [0.25, 0.3) is 0 Å². The van der Waals surface area contributed by atoms with Crippen LogP contribution in [0, 0.1) is 12.8 Å². The lowest BCUT2D eigenvalue weighted by atomic mass is 9.99. The number of hydrogen-bond acceptors (Lipinski definition) is 9. The van der Waals surface area contributed by atoms with Crippen LogP contribution in [0.4, 0.5) is 0 Å². The third-order valence-electron chi connectivity index (χ3n) is 5.34. The Bertz CT molecular complexity index is 1030. The third kappa shape index (κ3) is 7.63. The number of aliphatic carboxylic acids is 1. The van der Waals surface area contributed by atoms with Gasteiger partial charge in [0.25, 0.3) is 5.56 Å². The van der Waals surface area contributed by atoms with Gasteiger partial charge in [0.15, 0.2) is 12.3 Å². The van der Waals surface area contributed by atoms with E-state index in [0.717, 1.165) is 4.57 Å². The molecule has 34 heavy (non-hydrogen) atoms. The summed E-state index contributed by atoms with van der Waals surface area (Å²) in [5, 5.41) is 8.89. The summed E-state index contributed by atoms with van der Waals surface area (Å²) in [7, 11) is -1.01. The van der Waals surface area contributed by atoms with Crippen LogP contribution in [0.5, 0.6) is 0 Å². The Hall–Kier alpha value is -2.27. The summed E-state index contributed by atoms with van der Waals surface area (Å²) in [4.78, 5) is 50.0. The number of hydrogen-bond donors (Lipinski definition) is 2. The van der Waals surface area contributed by atoms with Crippen LogP contribution in [0.2, 0.25) is 0 Å². The van der Waals surface area contributed by atoms with Crippen molar-refractivity contribution < 1.29 is 38.2 Å². The molecule has 13 heteroatoms. The quantitative estimate of drug-likeness (QED) is 0.236. The number of nitrogens with one attached hydrogen (secondary N) is 1. The van der Waals surface area contributed by atoms with Gasteiger partial charge in [-0.3, -0.25) is 23.9 Å². The molecule has 192 valence electrons. The first kappa shape index (κ1) is 28.0. The lowest BCUT2D eigenvalue weighted by molar-refractivity contribution is -0.161. The number of carbonyl (C=O) groups is 2. The first-order valence-electron chi connectivity index (χ1n) is 10.9. The van der Waals surface area contributed by atoms with E-state index in [9.17, 15) is 23.7 Å². The Morgan fingerprint density at radius 1 is 1.24 bits per heavy atom. The van der Waals surface area contributed by atoms with Crippen molar-refractivity contribution >= 4 is 19.1 Å². The average molecular weight is 504 g/mol. The van der Waals surface area contributed by atoms with Crippen LogP contribution in [0.3, 0.4) is 0 Å². The molecule has 1 fully saturated rings. The van der Waals surface area contributed by atoms with E-state index in [0.29, 0.717) is 0 Å². The van der Waals surface area contributed by atoms with E-state index in [1.54, 1.807) is 20.3 Å². The highest BCUT2D eigenvalue weighted by molar-refractivity contribution is 7.62. The van der Waals surface area contributed by atoms with Crippen molar-refractivity contribution in [3.8, 4) is 0 Å². The number of esters is 1. The summed E-state index contributed by atoms with van der Waals surface area (Å²) in [5.41, 5.74) is -1.02. The molecule has 12 nitrogen and oxygen atoms in total. The van der Waals surface area contributed by atoms with E-state index in [-0.39, 0.29) is 37.3 Å². The van der Waals surface area contributed by atoms with E-state index in [2.05, 4.69) is 4.98 Å². The molecule has 1 saturated heterocycles. The first-order chi connectivity index (χ1) is 15.8. The summed E-state index contributed by atoms with van der Waals surface area (Å²) >= 11 is 0. The normalized spacial score (nSPS) is 23.6. The number of carbonyl (C=O) groups excluding carboxylic acids is 1. The second kappa shape index (κ2) is 11.9. The highest BCUT2D eigenvalue weighted by atomic mass is 31.2. The number of carboxylic acids is 1. The maximum absolute atomic E-state index is 12.6. The van der Waals surface area contributed by atoms with Gasteiger partial charge >= 0.3 is 17.6 Å². The molecule has 0 unspecified atom stereocenters. The van der Waals surface area contributed by atoms with E-state index in [4.69, 9.17) is 24.1 Å². The van der Waals surface area contributed by atoms with E-state index >= 15 is 0 Å². The molecule has 2 rings (SSSR count). The van der Waals surface area contributed by atoms with Gasteiger partial charge < -0.3 is 28.6 Å². The molecule has 0 saturated carbocycles. The standard InChI is InChI=1S/C21H33N2O10P/c1-12-10-23(21(28)22-19(12)27)20-18(31-9-8-30-3)17(32-15(26)7-6-14(24)25)16(33-20)13(2)11-34(4,5)29/h10,13,16-18,20H,6-9,11H2,1-5H3,(H,24,25)(H,22,27,28)/t13-,16-,17-,18-,20-/m1/s1. The monoisotopic (exact) mass is 504 g/mol. The van der Waals surface area contributed by atoms with Crippen molar-refractivity contribution in [1.29, 1.82) is 0 Å². The number of aryl methyl sites for hydroxylation is 1. The largest absolute Gasteiger partial charge is 0.481 e. The minimum atomic E-state index is -2.50. The van der Waals surface area contributed by atoms with Gasteiger partial charge in [-0.05, 0) is 26.2 Å². The fraction of sp³-hybridized carbons (Fsp3) is 0.714. The molecule has 0 spiro atoms. The van der Waals surface area contributed by atoms with Crippen LogP contribution in [-0.4, -0.2) is 84.7 Å². The van der Waals surface area contributed by atoms with Crippen molar-refractivity contribution in [2.45, 2.75) is 51.2 Å². The van der Waals surface area contributed by atoms with Crippen LogP contribution < -0.4 is 11.2 Å². The molecule has 0 radical (unpaired) electrons. The smallest absolute Gasteiger partial charge is 0.330 e. The molecule has 1 aliphatic rings. The average Bonchev–Trinajstić information content (AvgIpc) is 3.06. The predicted molar refractivity (Wildman–Crippen MR) is 122 cm³/mol. The number of aromatic nitrogens is 2. The van der Waals surface area contributed by atoms with Gasteiger partial charge in [0.05, 0.1) is 33.2 Å². The predicted octanol–water partition coefficient (Wildman–Crippen LogP) is 0.809. The zero-order valence-electron chi connectivity index (χ0n) is 20.0. The molecule has 2 N–H and O–H groups in total. The van der Waals surface area contributed by atoms with Gasteiger partial charge in [0.2, 0.25) is 0 Å². The minimum Gasteiger partial charge on any atom is -0.481 e. The number of nitrogens with zero attached hydrogens (tertiary/aromatic N) is 1. The Morgan fingerprint density at radius 3 is 2.50 bits per heavy atom. The van der Waals surface area contributed by atoms with E-state index < -0.39 is 61.3 Å². The Kier molecular flexibility index (Phi) is 9.81. The first-order valence-corrected chi connectivity index (χ1v) is 13.7. The van der Waals surface area contributed by atoms with Crippen molar-refractivity contribution in [2.75, 3.05) is 39.8 Å². The summed E-state index contributed by atoms with van der Waals surface area (Å²) < 4.78 is 36.4. The lowest BCUT2D eigenvalue weighted by Crippen LogP contribution is -2.43. The molecule has 0 amide bonds. The van der Waals surface area contributed by atoms with Crippen molar-refractivity contribution in [3.05, 3.63) is 32.6 Å². The van der Waals surface area contributed by atoms with E-state index in [1.807, 2.05) is 0 Å². The Labute approximate surface area is 196 Å². The van der Waals surface area contributed by atoms with Gasteiger partial charge in [-0.1, -0.05) is 6.92 Å². The number of carboxylic acid groups (broad SMARTS) is 1. The molecule has 0 aliphatic carbocycles. The molecular weight excluding hydrogens is 471 g/mol. The molecule has 5 atom stereocenters. The van der Waals surface area contributed by atoms with Crippen LogP contribution in [0.1, 0.15) is 31.6 Å². The van der Waals surface area contributed by atoms with Crippen molar-refractivity contribution in [3.63, 3.8) is 0 Å². The molecule has 0 aromatic carbocycles. The summed E-state index contributed by atoms with van der Waals surface area (Å²) in [5.74, 6) is -2.28. The molecule has 1 aromatic rings. The number of aromatic amines is 1. The third-order valence-corrected chi connectivity index (χ3v) is 6.80. The summed E-state index contributed by atoms with van der Waals surface area (Å²) in [6.07, 6.45) is -3.05. The van der Waals surface area contributed by atoms with Gasteiger partial charge in [-0.15, -0.1) is 0 Å².